The van der Waals surface area contributed by atoms with Crippen LogP contribution in [0.3, 0.4) is 0 Å². The fourth-order valence-corrected chi connectivity index (χ4v) is 2.96. The molecular formula is C16H16FNO4. The van der Waals surface area contributed by atoms with Crippen molar-refractivity contribution in [1.29, 1.82) is 0 Å². The molecule has 1 aliphatic rings. The number of nitrogens with zero attached hydrogens (tertiary/aromatic N) is 1. The number of carbonyl (C=O) groups excluding carboxylic acids is 1. The van der Waals surface area contributed by atoms with Crippen LogP contribution < -0.4 is 0 Å². The Bertz CT molecular complexity index is 752. The molecule has 3 rings (SSSR count). The molecule has 0 aliphatic carbocycles. The van der Waals surface area contributed by atoms with Crippen molar-refractivity contribution >= 4 is 22.8 Å². The van der Waals surface area contributed by atoms with E-state index in [0.29, 0.717) is 29.5 Å². The van der Waals surface area contributed by atoms with Gasteiger partial charge in [0.2, 0.25) is 0 Å². The number of hydrogen-bond donors (Lipinski definition) is 1. The van der Waals surface area contributed by atoms with Gasteiger partial charge in [0.1, 0.15) is 17.4 Å². The number of carboxylic acid groups (broad SMARTS) is 1. The fourth-order valence-electron chi connectivity index (χ4n) is 2.96. The van der Waals surface area contributed by atoms with Gasteiger partial charge in [-0.3, -0.25) is 4.79 Å². The van der Waals surface area contributed by atoms with Gasteiger partial charge in [0.15, 0.2) is 5.76 Å². The first-order valence-corrected chi connectivity index (χ1v) is 7.21. The number of hydrogen-bond acceptors (Lipinski definition) is 3. The maximum atomic E-state index is 13.3. The van der Waals surface area contributed by atoms with Gasteiger partial charge in [-0.25, -0.2) is 9.18 Å². The van der Waals surface area contributed by atoms with Gasteiger partial charge in [-0.2, -0.15) is 0 Å². The zero-order valence-corrected chi connectivity index (χ0v) is 12.1. The molecule has 0 saturated carbocycles. The Morgan fingerprint density at radius 3 is 2.86 bits per heavy atom. The number of carbonyl (C=O) groups is 2. The van der Waals surface area contributed by atoms with E-state index >= 15 is 0 Å². The van der Waals surface area contributed by atoms with Crippen LogP contribution in [0.1, 0.15) is 35.4 Å². The van der Waals surface area contributed by atoms with Gasteiger partial charge >= 0.3 is 5.97 Å². The van der Waals surface area contributed by atoms with Gasteiger partial charge in [-0.15, -0.1) is 0 Å². The van der Waals surface area contributed by atoms with E-state index in [1.54, 1.807) is 6.92 Å². The van der Waals surface area contributed by atoms with Gasteiger partial charge in [0.25, 0.3) is 5.91 Å². The lowest BCUT2D eigenvalue weighted by Gasteiger charge is -2.32. The van der Waals surface area contributed by atoms with Crippen LogP contribution in [0.15, 0.2) is 22.6 Å². The maximum Gasteiger partial charge on any atom is 0.326 e. The summed E-state index contributed by atoms with van der Waals surface area (Å²) in [4.78, 5) is 25.3. The highest BCUT2D eigenvalue weighted by Crippen LogP contribution is 2.29. The van der Waals surface area contributed by atoms with Crippen molar-refractivity contribution in [2.45, 2.75) is 32.2 Å². The predicted molar refractivity (Wildman–Crippen MR) is 77.2 cm³/mol. The van der Waals surface area contributed by atoms with Crippen LogP contribution in [-0.2, 0) is 4.79 Å². The van der Waals surface area contributed by atoms with Gasteiger partial charge in [0.05, 0.1) is 0 Å². The number of benzene rings is 1. The lowest BCUT2D eigenvalue weighted by atomic mass is 10.0. The second kappa shape index (κ2) is 5.44. The number of fused-ring (bicyclic) bond motifs is 1. The predicted octanol–water partition coefficient (Wildman–Crippen LogP) is 2.96. The summed E-state index contributed by atoms with van der Waals surface area (Å²) in [6.45, 7) is 2.07. The molecule has 22 heavy (non-hydrogen) atoms. The standard InChI is InChI=1S/C16H16FNO4/c1-9-11-8-10(17)5-6-13(11)22-14(9)15(19)18-7-3-2-4-12(18)16(20)21/h5-6,8,12H,2-4,7H2,1H3,(H,20,21). The van der Waals surface area contributed by atoms with E-state index in [9.17, 15) is 19.1 Å². The molecule has 0 spiro atoms. The van der Waals surface area contributed by atoms with E-state index in [1.165, 1.54) is 23.1 Å². The van der Waals surface area contributed by atoms with Crippen LogP contribution in [0.2, 0.25) is 0 Å². The average molecular weight is 305 g/mol. The minimum atomic E-state index is -1.01. The number of carboxylic acids is 1. The highest BCUT2D eigenvalue weighted by Gasteiger charge is 2.34. The molecule has 2 heterocycles. The topological polar surface area (TPSA) is 70.8 Å². The third-order valence-corrected chi connectivity index (χ3v) is 4.14. The third-order valence-electron chi connectivity index (χ3n) is 4.14. The van der Waals surface area contributed by atoms with E-state index in [-0.39, 0.29) is 5.76 Å². The highest BCUT2D eigenvalue weighted by molar-refractivity contribution is 6.00. The van der Waals surface area contributed by atoms with Gasteiger partial charge < -0.3 is 14.4 Å². The highest BCUT2D eigenvalue weighted by atomic mass is 19.1. The number of furan rings is 1. The monoisotopic (exact) mass is 305 g/mol. The average Bonchev–Trinajstić information content (AvgIpc) is 2.83. The molecule has 1 unspecified atom stereocenters. The number of halogens is 1. The summed E-state index contributed by atoms with van der Waals surface area (Å²) in [5.74, 6) is -1.76. The summed E-state index contributed by atoms with van der Waals surface area (Å²) in [6.07, 6.45) is 1.99. The Balaban J connectivity index is 2.01. The van der Waals surface area contributed by atoms with Crippen LogP contribution in [0, 0.1) is 12.7 Å². The van der Waals surface area contributed by atoms with Crippen LogP contribution in [0.5, 0.6) is 0 Å². The Morgan fingerprint density at radius 2 is 2.14 bits per heavy atom. The molecule has 2 aromatic rings. The van der Waals surface area contributed by atoms with Crippen molar-refractivity contribution in [2.75, 3.05) is 6.54 Å². The summed E-state index contributed by atoms with van der Waals surface area (Å²) in [6, 6.07) is 3.22. The Labute approximate surface area is 126 Å². The molecule has 1 N–H and O–H groups in total. The molecule has 1 fully saturated rings. The van der Waals surface area contributed by atoms with Crippen LogP contribution in [0.25, 0.3) is 11.0 Å². The van der Waals surface area contributed by atoms with E-state index in [2.05, 4.69) is 0 Å². The number of rotatable bonds is 2. The number of likely N-dealkylation sites (tertiary alicyclic amines) is 1. The SMILES string of the molecule is Cc1c(C(=O)N2CCCCC2C(=O)O)oc2ccc(F)cc12. The molecule has 0 bridgehead atoms. The second-order valence-corrected chi connectivity index (χ2v) is 5.55. The quantitative estimate of drug-likeness (QED) is 0.926. The van der Waals surface area contributed by atoms with E-state index in [1.807, 2.05) is 0 Å². The molecule has 6 heteroatoms. The molecule has 1 aliphatic heterocycles. The van der Waals surface area contributed by atoms with Gasteiger partial charge in [-0.05, 0) is 44.4 Å². The van der Waals surface area contributed by atoms with Gasteiger partial charge in [-0.1, -0.05) is 0 Å². The van der Waals surface area contributed by atoms with Crippen LogP contribution >= 0.6 is 0 Å². The summed E-state index contributed by atoms with van der Waals surface area (Å²) >= 11 is 0. The largest absolute Gasteiger partial charge is 0.480 e. The summed E-state index contributed by atoms with van der Waals surface area (Å²) in [5, 5.41) is 9.81. The number of aryl methyl sites for hydroxylation is 1. The molecule has 0 radical (unpaired) electrons. The van der Waals surface area contributed by atoms with E-state index < -0.39 is 23.7 Å². The Hall–Kier alpha value is -2.37. The molecule has 5 nitrogen and oxygen atoms in total. The first kappa shape index (κ1) is 14.6. The van der Waals surface area contributed by atoms with Crippen molar-refractivity contribution in [2.24, 2.45) is 0 Å². The molecule has 1 atom stereocenters. The molecule has 116 valence electrons. The molecule has 1 aromatic carbocycles. The molecule has 1 saturated heterocycles. The van der Waals surface area contributed by atoms with Crippen LogP contribution in [0.4, 0.5) is 4.39 Å². The molecule has 1 amide bonds. The molecule has 1 aromatic heterocycles. The fraction of sp³-hybridized carbons (Fsp3) is 0.375. The normalized spacial score (nSPS) is 18.6. The second-order valence-electron chi connectivity index (χ2n) is 5.55. The third kappa shape index (κ3) is 2.34. The summed E-state index contributed by atoms with van der Waals surface area (Å²) in [7, 11) is 0. The minimum absolute atomic E-state index is 0.0914. The number of piperidine rings is 1. The van der Waals surface area contributed by atoms with Crippen molar-refractivity contribution in [3.05, 3.63) is 35.3 Å². The van der Waals surface area contributed by atoms with Crippen molar-refractivity contribution in [3.63, 3.8) is 0 Å². The summed E-state index contributed by atoms with van der Waals surface area (Å²) in [5.41, 5.74) is 0.959. The Kier molecular flexibility index (Phi) is 3.60. The lowest BCUT2D eigenvalue weighted by molar-refractivity contribution is -0.143. The minimum Gasteiger partial charge on any atom is -0.480 e. The maximum absolute atomic E-state index is 13.3. The first-order chi connectivity index (χ1) is 10.5. The van der Waals surface area contributed by atoms with E-state index in [0.717, 1.165) is 12.8 Å². The van der Waals surface area contributed by atoms with Crippen molar-refractivity contribution < 1.29 is 23.5 Å². The first-order valence-electron chi connectivity index (χ1n) is 7.21. The molecular weight excluding hydrogens is 289 g/mol. The summed E-state index contributed by atoms with van der Waals surface area (Å²) < 4.78 is 18.9. The van der Waals surface area contributed by atoms with E-state index in [4.69, 9.17) is 4.42 Å². The van der Waals surface area contributed by atoms with Crippen molar-refractivity contribution in [3.8, 4) is 0 Å². The van der Waals surface area contributed by atoms with Gasteiger partial charge in [0, 0.05) is 17.5 Å². The number of aliphatic carboxylic acids is 1. The lowest BCUT2D eigenvalue weighted by Crippen LogP contribution is -2.48. The zero-order chi connectivity index (χ0) is 15.9. The van der Waals surface area contributed by atoms with Crippen LogP contribution in [-0.4, -0.2) is 34.5 Å². The van der Waals surface area contributed by atoms with Crippen molar-refractivity contribution in [1.82, 2.24) is 4.90 Å². The number of amides is 1. The Morgan fingerprint density at radius 1 is 1.36 bits per heavy atom. The zero-order valence-electron chi connectivity index (χ0n) is 12.1. The smallest absolute Gasteiger partial charge is 0.326 e.